The zero-order valence-corrected chi connectivity index (χ0v) is 17.6. The fourth-order valence-electron chi connectivity index (χ4n) is 3.41. The van der Waals surface area contributed by atoms with Crippen LogP contribution in [-0.4, -0.2) is 28.8 Å². The van der Waals surface area contributed by atoms with Crippen molar-refractivity contribution in [3.05, 3.63) is 105 Å². The normalized spacial score (nSPS) is 19.3. The van der Waals surface area contributed by atoms with E-state index in [1.807, 2.05) is 30.3 Å². The Morgan fingerprint density at radius 2 is 1.74 bits per heavy atom. The third-order valence-electron chi connectivity index (χ3n) is 4.91. The first kappa shape index (κ1) is 21.0. The fourth-order valence-corrected chi connectivity index (χ4v) is 3.87. The first-order chi connectivity index (χ1) is 14.9. The molecule has 2 atom stereocenters. The number of rotatable bonds is 4. The summed E-state index contributed by atoms with van der Waals surface area (Å²) in [6.07, 6.45) is 1.69. The van der Waals surface area contributed by atoms with Crippen LogP contribution in [0.1, 0.15) is 27.5 Å². The highest BCUT2D eigenvalue weighted by Crippen LogP contribution is 2.26. The summed E-state index contributed by atoms with van der Waals surface area (Å²) in [5, 5.41) is 3.68. The van der Waals surface area contributed by atoms with Gasteiger partial charge in [-0.3, -0.25) is 9.59 Å². The van der Waals surface area contributed by atoms with E-state index in [4.69, 9.17) is 23.2 Å². The third kappa shape index (κ3) is 4.60. The summed E-state index contributed by atoms with van der Waals surface area (Å²) < 4.78 is 14.8. The molecule has 5 nitrogen and oxygen atoms in total. The number of carbonyl (C=O) groups excluding carboxylic acids is 2. The minimum atomic E-state index is -0.887. The lowest BCUT2D eigenvalue weighted by molar-refractivity contribution is -0.596. The lowest BCUT2D eigenvalue weighted by atomic mass is 10.00. The lowest BCUT2D eigenvalue weighted by Gasteiger charge is -2.14. The van der Waals surface area contributed by atoms with Gasteiger partial charge in [0.05, 0.1) is 10.6 Å². The van der Waals surface area contributed by atoms with E-state index >= 15 is 0 Å². The second kappa shape index (κ2) is 8.88. The maximum Gasteiger partial charge on any atom is 0.304 e. The molecular weight excluding hydrogens is 440 g/mol. The molecule has 31 heavy (non-hydrogen) atoms. The van der Waals surface area contributed by atoms with Crippen molar-refractivity contribution >= 4 is 41.2 Å². The zero-order valence-electron chi connectivity index (χ0n) is 16.1. The maximum absolute atomic E-state index is 13.2. The number of carbonyl (C=O) groups is 2. The Hall–Kier alpha value is -3.22. The Morgan fingerprint density at radius 3 is 2.42 bits per heavy atom. The van der Waals surface area contributed by atoms with Crippen molar-refractivity contribution in [1.82, 2.24) is 10.7 Å². The number of nitrogens with zero attached hydrogens (tertiary/aromatic N) is 1. The summed E-state index contributed by atoms with van der Waals surface area (Å²) in [5.74, 6) is -1.31. The predicted molar refractivity (Wildman–Crippen MR) is 117 cm³/mol. The van der Waals surface area contributed by atoms with Crippen LogP contribution in [0.2, 0.25) is 10.0 Å². The predicted octanol–water partition coefficient (Wildman–Crippen LogP) is 4.15. The summed E-state index contributed by atoms with van der Waals surface area (Å²) in [6.45, 7) is 0. The molecule has 0 aliphatic carbocycles. The molecule has 0 spiro atoms. The van der Waals surface area contributed by atoms with Crippen molar-refractivity contribution in [1.29, 1.82) is 0 Å². The average Bonchev–Trinajstić information content (AvgIpc) is 3.06. The number of amides is 2. The van der Waals surface area contributed by atoms with E-state index in [0.717, 1.165) is 5.56 Å². The molecule has 0 aromatic heterocycles. The molecule has 0 bridgehead atoms. The molecule has 0 saturated carbocycles. The lowest BCUT2D eigenvalue weighted by Crippen LogP contribution is -2.42. The summed E-state index contributed by atoms with van der Waals surface area (Å²) in [6, 6.07) is 18.1. The molecule has 156 valence electrons. The standard InChI is InChI=1S/C23H16Cl2FN3O2/c24-17-9-6-16(19(25)12-17)13-29-21(14-4-2-1-3-5-14)20(23(31)28-29)27-22(30)15-7-10-18(26)11-8-15/h1-13,20-21H,(H-,27,28,30,31)/p+1/b29-13-/t20-,21-/m1/s1. The number of nitrogens with one attached hydrogen (secondary N) is 2. The number of benzene rings is 3. The van der Waals surface area contributed by atoms with Crippen LogP contribution in [0.15, 0.2) is 72.8 Å². The van der Waals surface area contributed by atoms with Crippen LogP contribution in [0.3, 0.4) is 0 Å². The van der Waals surface area contributed by atoms with Crippen LogP contribution in [0.5, 0.6) is 0 Å². The van der Waals surface area contributed by atoms with E-state index in [1.165, 1.54) is 24.3 Å². The monoisotopic (exact) mass is 456 g/mol. The molecule has 2 N–H and O–H groups in total. The van der Waals surface area contributed by atoms with Crippen LogP contribution < -0.4 is 10.7 Å². The molecular formula is C23H17Cl2FN3O2+. The van der Waals surface area contributed by atoms with E-state index in [9.17, 15) is 14.0 Å². The number of hydrogen-bond donors (Lipinski definition) is 2. The van der Waals surface area contributed by atoms with Crippen LogP contribution in [0, 0.1) is 5.82 Å². The second-order valence-corrected chi connectivity index (χ2v) is 7.84. The van der Waals surface area contributed by atoms with Gasteiger partial charge in [0.25, 0.3) is 5.91 Å². The molecule has 0 radical (unpaired) electrons. The van der Waals surface area contributed by atoms with Gasteiger partial charge >= 0.3 is 5.91 Å². The molecule has 1 fully saturated rings. The molecule has 3 aromatic carbocycles. The third-order valence-corrected chi connectivity index (χ3v) is 5.47. The Bertz CT molecular complexity index is 1170. The molecule has 3 aromatic rings. The minimum absolute atomic E-state index is 0.254. The SMILES string of the molecule is O=C(N[C@H]1C(=O)N/[N+](=C\c2ccc(Cl)cc2Cl)[C@@H]1c1ccccc1)c1ccc(F)cc1. The Kier molecular flexibility index (Phi) is 6.02. The fraction of sp³-hybridized carbons (Fsp3) is 0.0870. The molecule has 0 unspecified atom stereocenters. The number of hydrazine groups is 1. The summed E-state index contributed by atoms with van der Waals surface area (Å²) in [4.78, 5) is 25.5. The zero-order chi connectivity index (χ0) is 22.0. The Balaban J connectivity index is 1.70. The Morgan fingerprint density at radius 1 is 1.03 bits per heavy atom. The van der Waals surface area contributed by atoms with Gasteiger partial charge in [-0.2, -0.15) is 0 Å². The maximum atomic E-state index is 13.2. The van der Waals surface area contributed by atoms with Crippen molar-refractivity contribution in [2.45, 2.75) is 12.1 Å². The molecule has 1 aliphatic rings. The van der Waals surface area contributed by atoms with Crippen molar-refractivity contribution < 1.29 is 18.7 Å². The van der Waals surface area contributed by atoms with E-state index in [0.29, 0.717) is 15.6 Å². The van der Waals surface area contributed by atoms with Crippen molar-refractivity contribution in [2.24, 2.45) is 0 Å². The highest BCUT2D eigenvalue weighted by Gasteiger charge is 2.47. The second-order valence-electron chi connectivity index (χ2n) is 6.99. The van der Waals surface area contributed by atoms with E-state index < -0.39 is 23.8 Å². The van der Waals surface area contributed by atoms with Gasteiger partial charge in [-0.25, -0.2) is 4.39 Å². The molecule has 1 heterocycles. The van der Waals surface area contributed by atoms with Crippen LogP contribution >= 0.6 is 23.2 Å². The highest BCUT2D eigenvalue weighted by molar-refractivity contribution is 6.36. The molecule has 1 saturated heterocycles. The van der Waals surface area contributed by atoms with Gasteiger partial charge in [-0.1, -0.05) is 53.5 Å². The summed E-state index contributed by atoms with van der Waals surface area (Å²) in [5.41, 5.74) is 4.50. The van der Waals surface area contributed by atoms with Gasteiger partial charge in [0.1, 0.15) is 5.82 Å². The van der Waals surface area contributed by atoms with E-state index in [-0.39, 0.29) is 11.5 Å². The van der Waals surface area contributed by atoms with Crippen LogP contribution in [0.4, 0.5) is 4.39 Å². The largest absolute Gasteiger partial charge is 0.334 e. The van der Waals surface area contributed by atoms with Gasteiger partial charge in [-0.05, 0) is 42.5 Å². The average molecular weight is 457 g/mol. The van der Waals surface area contributed by atoms with Crippen molar-refractivity contribution in [2.75, 3.05) is 0 Å². The molecule has 8 heteroatoms. The number of hydrazone groups is 1. The Labute approximate surface area is 188 Å². The van der Waals surface area contributed by atoms with Gasteiger partial charge in [-0.15, -0.1) is 10.1 Å². The van der Waals surface area contributed by atoms with Crippen molar-refractivity contribution in [3.63, 3.8) is 0 Å². The van der Waals surface area contributed by atoms with E-state index in [2.05, 4.69) is 10.7 Å². The van der Waals surface area contributed by atoms with Gasteiger partial charge in [0.2, 0.25) is 12.3 Å². The summed E-state index contributed by atoms with van der Waals surface area (Å²) in [7, 11) is 0. The topological polar surface area (TPSA) is 61.2 Å². The highest BCUT2D eigenvalue weighted by atomic mass is 35.5. The number of halogens is 3. The quantitative estimate of drug-likeness (QED) is 0.579. The van der Waals surface area contributed by atoms with Gasteiger partial charge in [0.15, 0.2) is 6.04 Å². The smallest absolute Gasteiger partial charge is 0.304 e. The minimum Gasteiger partial charge on any atom is -0.334 e. The van der Waals surface area contributed by atoms with Gasteiger partial charge in [0, 0.05) is 16.1 Å². The molecule has 4 rings (SSSR count). The van der Waals surface area contributed by atoms with Gasteiger partial charge < -0.3 is 5.32 Å². The molecule has 2 amide bonds. The first-order valence-electron chi connectivity index (χ1n) is 9.42. The van der Waals surface area contributed by atoms with Crippen LogP contribution in [0.25, 0.3) is 0 Å². The first-order valence-corrected chi connectivity index (χ1v) is 10.2. The molecule has 1 aliphatic heterocycles. The van der Waals surface area contributed by atoms with Crippen molar-refractivity contribution in [3.8, 4) is 0 Å². The summed E-state index contributed by atoms with van der Waals surface area (Å²) >= 11 is 12.3. The van der Waals surface area contributed by atoms with E-state index in [1.54, 1.807) is 29.1 Å². The number of hydrogen-bond acceptors (Lipinski definition) is 2. The van der Waals surface area contributed by atoms with Crippen LogP contribution in [-0.2, 0) is 4.79 Å².